The van der Waals surface area contributed by atoms with Gasteiger partial charge in [-0.05, 0) is 62.6 Å². The number of rotatable bonds is 7. The second-order valence-corrected chi connectivity index (χ2v) is 9.93. The number of ether oxygens (including phenoxy) is 3. The van der Waals surface area contributed by atoms with Crippen LogP contribution in [0.2, 0.25) is 0 Å². The molecule has 5 rings (SSSR count). The van der Waals surface area contributed by atoms with Crippen molar-refractivity contribution in [1.82, 2.24) is 30.1 Å². The molecule has 0 bridgehead atoms. The molecule has 1 fully saturated rings. The van der Waals surface area contributed by atoms with Crippen LogP contribution in [0.1, 0.15) is 64.4 Å². The summed E-state index contributed by atoms with van der Waals surface area (Å²) >= 11 is 0. The van der Waals surface area contributed by atoms with Crippen LogP contribution in [0, 0.1) is 5.92 Å². The lowest BCUT2D eigenvalue weighted by Crippen LogP contribution is -2.43. The number of esters is 1. The van der Waals surface area contributed by atoms with Gasteiger partial charge >= 0.3 is 5.97 Å². The maximum absolute atomic E-state index is 13.5. The lowest BCUT2D eigenvalue weighted by molar-refractivity contribution is -0.149. The summed E-state index contributed by atoms with van der Waals surface area (Å²) < 4.78 is 18.1. The number of carbonyl (C=O) groups excluding carboxylic acids is 1. The molecule has 4 heterocycles. The lowest BCUT2D eigenvalue weighted by atomic mass is 9.93. The summed E-state index contributed by atoms with van der Waals surface area (Å²) in [6.45, 7) is 9.77. The minimum Gasteiger partial charge on any atom is -0.466 e. The first-order valence-corrected chi connectivity index (χ1v) is 12.5. The van der Waals surface area contributed by atoms with Gasteiger partial charge in [0.1, 0.15) is 6.04 Å². The SMILES string of the molecule is CCOC(=O)C1CCN([C@@H](c2cc3cc4c(cc3[nH]c2=O)OCO4)c2nnnn2C(C)(C)CC)CC1. The van der Waals surface area contributed by atoms with Crippen molar-refractivity contribution < 1.29 is 19.0 Å². The lowest BCUT2D eigenvalue weighted by Gasteiger charge is -2.37. The third kappa shape index (κ3) is 4.32. The van der Waals surface area contributed by atoms with Crippen molar-refractivity contribution in [3.63, 3.8) is 0 Å². The van der Waals surface area contributed by atoms with Crippen LogP contribution < -0.4 is 15.0 Å². The fraction of sp³-hybridized carbons (Fsp3) is 0.560. The number of benzene rings is 1. The van der Waals surface area contributed by atoms with Crippen molar-refractivity contribution in [2.45, 2.75) is 58.5 Å². The number of fused-ring (bicyclic) bond motifs is 2. The highest BCUT2D eigenvalue weighted by Gasteiger charge is 2.37. The van der Waals surface area contributed by atoms with Gasteiger partial charge in [-0.3, -0.25) is 14.5 Å². The van der Waals surface area contributed by atoms with E-state index in [2.05, 4.69) is 46.2 Å². The third-order valence-electron chi connectivity index (χ3n) is 7.35. The zero-order valence-electron chi connectivity index (χ0n) is 21.1. The Bertz CT molecular complexity index is 1320. The molecule has 1 atom stereocenters. The van der Waals surface area contributed by atoms with Crippen LogP contribution >= 0.6 is 0 Å². The van der Waals surface area contributed by atoms with Crippen LogP contribution in [-0.2, 0) is 15.1 Å². The number of tetrazole rings is 1. The Labute approximate surface area is 208 Å². The molecular weight excluding hydrogens is 464 g/mol. The Hall–Kier alpha value is -3.47. The molecule has 1 saturated heterocycles. The van der Waals surface area contributed by atoms with Crippen LogP contribution in [0.3, 0.4) is 0 Å². The number of aromatic nitrogens is 5. The first-order valence-electron chi connectivity index (χ1n) is 12.5. The van der Waals surface area contributed by atoms with Crippen molar-refractivity contribution in [3.05, 3.63) is 39.9 Å². The first kappa shape index (κ1) is 24.2. The molecular formula is C25H32N6O5. The Balaban J connectivity index is 1.58. The normalized spacial score (nSPS) is 17.4. The number of piperidine rings is 1. The summed E-state index contributed by atoms with van der Waals surface area (Å²) in [6.07, 6.45) is 2.08. The van der Waals surface area contributed by atoms with Crippen LogP contribution in [-0.4, -0.2) is 62.5 Å². The van der Waals surface area contributed by atoms with E-state index in [0.717, 1.165) is 11.8 Å². The Kier molecular flexibility index (Phi) is 6.42. The molecule has 0 spiro atoms. The average molecular weight is 497 g/mol. The topological polar surface area (TPSA) is 124 Å². The molecule has 2 aliphatic rings. The number of nitrogens with one attached hydrogen (secondary N) is 1. The minimum atomic E-state index is -0.493. The highest BCUT2D eigenvalue weighted by molar-refractivity contribution is 5.83. The van der Waals surface area contributed by atoms with Crippen LogP contribution in [0.15, 0.2) is 23.0 Å². The summed E-state index contributed by atoms with van der Waals surface area (Å²) in [5.41, 5.74) is 0.638. The maximum Gasteiger partial charge on any atom is 0.309 e. The highest BCUT2D eigenvalue weighted by Crippen LogP contribution is 2.37. The Morgan fingerprint density at radius 1 is 1.19 bits per heavy atom. The molecule has 0 aliphatic carbocycles. The molecule has 192 valence electrons. The van der Waals surface area contributed by atoms with Gasteiger partial charge < -0.3 is 19.2 Å². The standard InChI is InChI=1S/C25H32N6O5/c1-5-25(3,4)31-22(27-28-29-31)21(30-9-7-15(8-10-30)24(33)34-6-2)17-11-16-12-19-20(36-14-35-19)13-18(16)26-23(17)32/h11-13,15,21H,5-10,14H2,1-4H3,(H,26,32)/t21-/m0/s1. The van der Waals surface area contributed by atoms with E-state index >= 15 is 0 Å². The minimum absolute atomic E-state index is 0.153. The maximum atomic E-state index is 13.5. The van der Waals surface area contributed by atoms with E-state index < -0.39 is 6.04 Å². The van der Waals surface area contributed by atoms with Crippen LogP contribution in [0.4, 0.5) is 0 Å². The molecule has 11 nitrogen and oxygen atoms in total. The molecule has 36 heavy (non-hydrogen) atoms. The number of aromatic amines is 1. The van der Waals surface area contributed by atoms with E-state index in [4.69, 9.17) is 14.2 Å². The van der Waals surface area contributed by atoms with Crippen molar-refractivity contribution >= 4 is 16.9 Å². The molecule has 2 aliphatic heterocycles. The van der Waals surface area contributed by atoms with Gasteiger partial charge in [0.15, 0.2) is 17.3 Å². The van der Waals surface area contributed by atoms with Crippen LogP contribution in [0.25, 0.3) is 10.9 Å². The quantitative estimate of drug-likeness (QED) is 0.492. The van der Waals surface area contributed by atoms with Gasteiger partial charge in [0.05, 0.1) is 23.6 Å². The summed E-state index contributed by atoms with van der Waals surface area (Å²) in [7, 11) is 0. The fourth-order valence-corrected chi connectivity index (χ4v) is 4.91. The number of nitrogens with zero attached hydrogens (tertiary/aromatic N) is 5. The molecule has 1 aromatic carbocycles. The van der Waals surface area contributed by atoms with Crippen molar-refractivity contribution in [2.75, 3.05) is 26.5 Å². The van der Waals surface area contributed by atoms with Gasteiger partial charge in [-0.25, -0.2) is 4.68 Å². The van der Waals surface area contributed by atoms with Crippen LogP contribution in [0.5, 0.6) is 11.5 Å². The molecule has 1 N–H and O–H groups in total. The van der Waals surface area contributed by atoms with Crippen molar-refractivity contribution in [1.29, 1.82) is 0 Å². The largest absolute Gasteiger partial charge is 0.466 e. The smallest absolute Gasteiger partial charge is 0.309 e. The first-order chi connectivity index (χ1) is 17.3. The van der Waals surface area contributed by atoms with E-state index in [9.17, 15) is 9.59 Å². The van der Waals surface area contributed by atoms with Gasteiger partial charge in [0.25, 0.3) is 5.56 Å². The van der Waals surface area contributed by atoms with E-state index in [0.29, 0.717) is 60.9 Å². The van der Waals surface area contributed by atoms with Gasteiger partial charge in [-0.15, -0.1) is 5.10 Å². The zero-order chi connectivity index (χ0) is 25.4. The number of H-pyrrole nitrogens is 1. The van der Waals surface area contributed by atoms with Gasteiger partial charge in [-0.2, -0.15) is 0 Å². The summed E-state index contributed by atoms with van der Waals surface area (Å²) in [5.74, 6) is 1.54. The number of carbonyl (C=O) groups is 1. The second kappa shape index (κ2) is 9.53. The molecule has 0 saturated carbocycles. The molecule has 0 amide bonds. The van der Waals surface area contributed by atoms with Crippen molar-refractivity contribution in [3.8, 4) is 11.5 Å². The Morgan fingerprint density at radius 2 is 1.92 bits per heavy atom. The summed E-state index contributed by atoms with van der Waals surface area (Å²) in [4.78, 5) is 31.0. The van der Waals surface area contributed by atoms with Crippen molar-refractivity contribution in [2.24, 2.45) is 5.92 Å². The van der Waals surface area contributed by atoms with E-state index in [1.54, 1.807) is 6.07 Å². The molecule has 0 radical (unpaired) electrons. The monoisotopic (exact) mass is 496 g/mol. The molecule has 3 aromatic rings. The van der Waals surface area contributed by atoms with E-state index in [1.165, 1.54) is 0 Å². The predicted molar refractivity (Wildman–Crippen MR) is 131 cm³/mol. The number of pyridine rings is 1. The van der Waals surface area contributed by atoms with Gasteiger partial charge in [0.2, 0.25) is 6.79 Å². The third-order valence-corrected chi connectivity index (χ3v) is 7.35. The van der Waals surface area contributed by atoms with Gasteiger partial charge in [0, 0.05) is 30.1 Å². The predicted octanol–water partition coefficient (Wildman–Crippen LogP) is 2.75. The van der Waals surface area contributed by atoms with E-state index in [-0.39, 0.29) is 29.8 Å². The summed E-state index contributed by atoms with van der Waals surface area (Å²) in [5, 5.41) is 13.6. The van der Waals surface area contributed by atoms with Gasteiger partial charge in [-0.1, -0.05) is 6.92 Å². The number of hydrogen-bond acceptors (Lipinski definition) is 9. The summed E-state index contributed by atoms with van der Waals surface area (Å²) in [6, 6.07) is 5.05. The molecule has 2 aromatic heterocycles. The molecule has 11 heteroatoms. The average Bonchev–Trinajstić information content (AvgIpc) is 3.54. The second-order valence-electron chi connectivity index (χ2n) is 9.93. The highest BCUT2D eigenvalue weighted by atomic mass is 16.7. The Morgan fingerprint density at radius 3 is 2.61 bits per heavy atom. The fourth-order valence-electron chi connectivity index (χ4n) is 4.91. The molecule has 0 unspecified atom stereocenters. The number of hydrogen-bond donors (Lipinski definition) is 1. The number of likely N-dealkylation sites (tertiary alicyclic amines) is 1. The zero-order valence-corrected chi connectivity index (χ0v) is 21.1. The van der Waals surface area contributed by atoms with E-state index in [1.807, 2.05) is 23.7 Å².